The molecule has 0 aliphatic rings. The molecule has 0 radical (unpaired) electrons. The quantitative estimate of drug-likeness (QED) is 0.872. The van der Waals surface area contributed by atoms with Gasteiger partial charge in [-0.05, 0) is 23.6 Å². The first-order chi connectivity index (χ1) is 8.74. The predicted octanol–water partition coefficient (Wildman–Crippen LogP) is 2.72. The third kappa shape index (κ3) is 4.51. The van der Waals surface area contributed by atoms with E-state index in [1.165, 1.54) is 0 Å². The van der Waals surface area contributed by atoms with Crippen LogP contribution in [0.25, 0.3) is 0 Å². The Labute approximate surface area is 120 Å². The number of carbonyl (C=O) groups is 1. The Kier molecular flexibility index (Phi) is 5.39. The minimum atomic E-state index is -0.457. The van der Waals surface area contributed by atoms with Crippen LogP contribution < -0.4 is 11.1 Å². The van der Waals surface area contributed by atoms with Gasteiger partial charge >= 0.3 is 0 Å². The summed E-state index contributed by atoms with van der Waals surface area (Å²) in [5.41, 5.74) is 6.80. The number of halogens is 1. The van der Waals surface area contributed by atoms with Crippen molar-refractivity contribution in [3.63, 3.8) is 0 Å². The number of carbonyl (C=O) groups excluding carboxylic acids is 1. The molecule has 0 bridgehead atoms. The van der Waals surface area contributed by atoms with Crippen LogP contribution >= 0.6 is 11.6 Å². The molecule has 4 heteroatoms. The molecule has 0 aliphatic heterocycles. The molecular weight excluding hydrogens is 260 g/mol. The molecule has 1 aromatic carbocycles. The van der Waals surface area contributed by atoms with Crippen molar-refractivity contribution in [1.82, 2.24) is 5.32 Å². The number of nitrogens with one attached hydrogen (secondary N) is 1. The van der Waals surface area contributed by atoms with Gasteiger partial charge in [-0.2, -0.15) is 0 Å². The van der Waals surface area contributed by atoms with Gasteiger partial charge in [0.15, 0.2) is 0 Å². The lowest BCUT2D eigenvalue weighted by molar-refractivity contribution is -0.123. The molecule has 0 aliphatic carbocycles. The Hall–Kier alpha value is -1.06. The molecule has 1 aromatic rings. The fourth-order valence-electron chi connectivity index (χ4n) is 1.73. The van der Waals surface area contributed by atoms with Crippen molar-refractivity contribution in [3.8, 4) is 0 Å². The van der Waals surface area contributed by atoms with Crippen molar-refractivity contribution >= 4 is 17.5 Å². The van der Waals surface area contributed by atoms with Gasteiger partial charge in [0.2, 0.25) is 5.91 Å². The van der Waals surface area contributed by atoms with E-state index in [0.717, 1.165) is 5.56 Å². The first-order valence-electron chi connectivity index (χ1n) is 6.53. The molecule has 0 saturated heterocycles. The van der Waals surface area contributed by atoms with Gasteiger partial charge in [-0.25, -0.2) is 0 Å². The third-order valence-corrected chi connectivity index (χ3v) is 3.60. The van der Waals surface area contributed by atoms with E-state index in [9.17, 15) is 4.79 Å². The van der Waals surface area contributed by atoms with Gasteiger partial charge in [0.05, 0.1) is 6.04 Å². The van der Waals surface area contributed by atoms with Gasteiger partial charge in [0, 0.05) is 17.0 Å². The maximum absolute atomic E-state index is 11.9. The van der Waals surface area contributed by atoms with Gasteiger partial charge in [-0.1, -0.05) is 51.4 Å². The Bertz CT molecular complexity index is 426. The number of hydrogen-bond donors (Lipinski definition) is 2. The lowest BCUT2D eigenvalue weighted by Crippen LogP contribution is -2.47. The average molecular weight is 283 g/mol. The number of benzene rings is 1. The molecular formula is C15H23ClN2O. The Balaban J connectivity index is 2.65. The van der Waals surface area contributed by atoms with Gasteiger partial charge in [0.1, 0.15) is 0 Å². The van der Waals surface area contributed by atoms with Crippen molar-refractivity contribution in [1.29, 1.82) is 0 Å². The van der Waals surface area contributed by atoms with Crippen LogP contribution in [0.3, 0.4) is 0 Å². The van der Waals surface area contributed by atoms with Gasteiger partial charge in [-0.3, -0.25) is 4.79 Å². The summed E-state index contributed by atoms with van der Waals surface area (Å²) in [6, 6.07) is 7.23. The summed E-state index contributed by atoms with van der Waals surface area (Å²) in [5.74, 6) is 0.0377. The topological polar surface area (TPSA) is 55.1 Å². The van der Waals surface area contributed by atoms with Crippen LogP contribution in [0, 0.1) is 5.92 Å². The minimum absolute atomic E-state index is 0.1000. The number of rotatable bonds is 5. The van der Waals surface area contributed by atoms with E-state index < -0.39 is 6.04 Å². The molecule has 1 amide bonds. The SMILES string of the molecule is CC(C)[C@H](N)C(=O)NCC(C)(C)c1ccc(Cl)cc1. The molecule has 106 valence electrons. The van der Waals surface area contributed by atoms with Crippen LogP contribution in [0.4, 0.5) is 0 Å². The predicted molar refractivity (Wildman–Crippen MR) is 80.3 cm³/mol. The van der Waals surface area contributed by atoms with E-state index in [-0.39, 0.29) is 17.2 Å². The lowest BCUT2D eigenvalue weighted by atomic mass is 9.84. The highest BCUT2D eigenvalue weighted by atomic mass is 35.5. The molecule has 1 rings (SSSR count). The maximum atomic E-state index is 11.9. The number of nitrogens with two attached hydrogens (primary N) is 1. The Morgan fingerprint density at radius 2 is 1.84 bits per heavy atom. The van der Waals surface area contributed by atoms with E-state index in [4.69, 9.17) is 17.3 Å². The average Bonchev–Trinajstić information content (AvgIpc) is 2.35. The largest absolute Gasteiger partial charge is 0.354 e. The summed E-state index contributed by atoms with van der Waals surface area (Å²) in [5, 5.41) is 3.63. The van der Waals surface area contributed by atoms with Crippen LogP contribution in [-0.4, -0.2) is 18.5 Å². The van der Waals surface area contributed by atoms with E-state index >= 15 is 0 Å². The fraction of sp³-hybridized carbons (Fsp3) is 0.533. The molecule has 0 unspecified atom stereocenters. The van der Waals surface area contributed by atoms with Crippen LogP contribution in [0.15, 0.2) is 24.3 Å². The molecule has 3 N–H and O–H groups in total. The minimum Gasteiger partial charge on any atom is -0.354 e. The normalized spacial score (nSPS) is 13.4. The second kappa shape index (κ2) is 6.40. The first kappa shape index (κ1) is 16.0. The van der Waals surface area contributed by atoms with Crippen LogP contribution in [0.1, 0.15) is 33.3 Å². The molecule has 1 atom stereocenters. The second-order valence-corrected chi connectivity index (χ2v) is 6.31. The molecule has 19 heavy (non-hydrogen) atoms. The fourth-order valence-corrected chi connectivity index (χ4v) is 1.86. The maximum Gasteiger partial charge on any atom is 0.237 e. The molecule has 0 aromatic heterocycles. The van der Waals surface area contributed by atoms with Crippen molar-refractivity contribution in [2.75, 3.05) is 6.54 Å². The highest BCUT2D eigenvalue weighted by Crippen LogP contribution is 2.23. The summed E-state index contributed by atoms with van der Waals surface area (Å²) >= 11 is 5.88. The zero-order valence-electron chi connectivity index (χ0n) is 12.0. The van der Waals surface area contributed by atoms with Crippen LogP contribution in [0.2, 0.25) is 5.02 Å². The first-order valence-corrected chi connectivity index (χ1v) is 6.91. The van der Waals surface area contributed by atoms with Crippen molar-refractivity contribution in [3.05, 3.63) is 34.9 Å². The van der Waals surface area contributed by atoms with Crippen molar-refractivity contribution < 1.29 is 4.79 Å². The monoisotopic (exact) mass is 282 g/mol. The molecule has 0 heterocycles. The zero-order valence-corrected chi connectivity index (χ0v) is 12.8. The van der Waals surface area contributed by atoms with E-state index in [1.54, 1.807) is 0 Å². The summed E-state index contributed by atoms with van der Waals surface area (Å²) < 4.78 is 0. The third-order valence-electron chi connectivity index (χ3n) is 3.35. The molecule has 0 fully saturated rings. The van der Waals surface area contributed by atoms with Gasteiger partial charge in [-0.15, -0.1) is 0 Å². The highest BCUT2D eigenvalue weighted by molar-refractivity contribution is 6.30. The summed E-state index contributed by atoms with van der Waals surface area (Å²) in [6.07, 6.45) is 0. The van der Waals surface area contributed by atoms with Crippen molar-refractivity contribution in [2.24, 2.45) is 11.7 Å². The van der Waals surface area contributed by atoms with Crippen LogP contribution in [-0.2, 0) is 10.2 Å². The number of amides is 1. The van der Waals surface area contributed by atoms with Crippen molar-refractivity contribution in [2.45, 2.75) is 39.2 Å². The Morgan fingerprint density at radius 1 is 1.32 bits per heavy atom. The summed E-state index contributed by atoms with van der Waals surface area (Å²) in [6.45, 7) is 8.59. The van der Waals surface area contributed by atoms with E-state index in [2.05, 4.69) is 19.2 Å². The summed E-state index contributed by atoms with van der Waals surface area (Å²) in [4.78, 5) is 11.9. The molecule has 0 spiro atoms. The standard InChI is InChI=1S/C15H23ClN2O/c1-10(2)13(17)14(19)18-9-15(3,4)11-5-7-12(16)8-6-11/h5-8,10,13H,9,17H2,1-4H3,(H,18,19)/t13-/m0/s1. The molecule has 0 saturated carbocycles. The van der Waals surface area contributed by atoms with Gasteiger partial charge in [0.25, 0.3) is 0 Å². The highest BCUT2D eigenvalue weighted by Gasteiger charge is 2.24. The lowest BCUT2D eigenvalue weighted by Gasteiger charge is -2.27. The van der Waals surface area contributed by atoms with E-state index in [0.29, 0.717) is 11.6 Å². The zero-order chi connectivity index (χ0) is 14.6. The summed E-state index contributed by atoms with van der Waals surface area (Å²) in [7, 11) is 0. The van der Waals surface area contributed by atoms with Crippen LogP contribution in [0.5, 0.6) is 0 Å². The van der Waals surface area contributed by atoms with Gasteiger partial charge < -0.3 is 11.1 Å². The number of hydrogen-bond acceptors (Lipinski definition) is 2. The smallest absolute Gasteiger partial charge is 0.237 e. The molecule has 3 nitrogen and oxygen atoms in total. The Morgan fingerprint density at radius 3 is 2.32 bits per heavy atom. The second-order valence-electron chi connectivity index (χ2n) is 5.88. The van der Waals surface area contributed by atoms with E-state index in [1.807, 2.05) is 38.1 Å².